The number of aromatic nitrogens is 1. The van der Waals surface area contributed by atoms with Gasteiger partial charge in [-0.2, -0.15) is 10.5 Å². The number of nitriles is 2. The molecule has 90 valence electrons. The van der Waals surface area contributed by atoms with Gasteiger partial charge in [0.15, 0.2) is 0 Å². The van der Waals surface area contributed by atoms with Crippen LogP contribution in [0.25, 0.3) is 0 Å². The van der Waals surface area contributed by atoms with Crippen molar-refractivity contribution in [3.63, 3.8) is 0 Å². The van der Waals surface area contributed by atoms with Crippen LogP contribution in [0.4, 0.5) is 5.69 Å². The van der Waals surface area contributed by atoms with E-state index in [1.165, 1.54) is 18.3 Å². The molecular formula is C14H8N4O. The van der Waals surface area contributed by atoms with Crippen LogP contribution in [0.5, 0.6) is 0 Å². The predicted molar refractivity (Wildman–Crippen MR) is 68.1 cm³/mol. The molecule has 19 heavy (non-hydrogen) atoms. The summed E-state index contributed by atoms with van der Waals surface area (Å²) in [6.07, 6.45) is 1.39. The Morgan fingerprint density at radius 1 is 1.16 bits per heavy atom. The van der Waals surface area contributed by atoms with Gasteiger partial charge in [-0.3, -0.25) is 4.79 Å². The molecule has 0 atom stereocenters. The van der Waals surface area contributed by atoms with E-state index in [9.17, 15) is 4.79 Å². The minimum absolute atomic E-state index is 0.168. The highest BCUT2D eigenvalue weighted by molar-refractivity contribution is 6.04. The summed E-state index contributed by atoms with van der Waals surface area (Å²) in [5, 5.41) is 20.3. The van der Waals surface area contributed by atoms with Crippen LogP contribution >= 0.6 is 0 Å². The predicted octanol–water partition coefficient (Wildman–Crippen LogP) is 2.08. The molecule has 1 aromatic carbocycles. The fourth-order valence-corrected chi connectivity index (χ4v) is 1.52. The van der Waals surface area contributed by atoms with Gasteiger partial charge >= 0.3 is 0 Å². The molecular weight excluding hydrogens is 240 g/mol. The number of benzene rings is 1. The lowest BCUT2D eigenvalue weighted by Crippen LogP contribution is -2.13. The largest absolute Gasteiger partial charge is 0.321 e. The number of pyridine rings is 1. The van der Waals surface area contributed by atoms with Crippen LogP contribution in [0, 0.1) is 22.7 Å². The fourth-order valence-electron chi connectivity index (χ4n) is 1.52. The number of rotatable bonds is 2. The Labute approximate surface area is 109 Å². The summed E-state index contributed by atoms with van der Waals surface area (Å²) in [7, 11) is 0. The van der Waals surface area contributed by atoms with Crippen LogP contribution in [-0.2, 0) is 0 Å². The van der Waals surface area contributed by atoms with E-state index in [-0.39, 0.29) is 11.6 Å². The van der Waals surface area contributed by atoms with E-state index in [0.29, 0.717) is 16.8 Å². The van der Waals surface area contributed by atoms with Crippen LogP contribution in [0.2, 0.25) is 0 Å². The molecule has 0 aliphatic rings. The Morgan fingerprint density at radius 2 is 1.95 bits per heavy atom. The zero-order valence-corrected chi connectivity index (χ0v) is 9.79. The summed E-state index contributed by atoms with van der Waals surface area (Å²) in [6, 6.07) is 13.5. The summed E-state index contributed by atoms with van der Waals surface area (Å²) in [5.74, 6) is -0.387. The second kappa shape index (κ2) is 5.44. The molecule has 5 heteroatoms. The molecule has 1 amide bonds. The Bertz CT molecular complexity index is 710. The number of hydrogen-bond donors (Lipinski definition) is 1. The smallest absolute Gasteiger partial charge is 0.255 e. The third-order valence-electron chi connectivity index (χ3n) is 2.43. The van der Waals surface area contributed by atoms with Gasteiger partial charge in [-0.25, -0.2) is 4.98 Å². The molecule has 2 aromatic rings. The molecule has 0 aliphatic carbocycles. The summed E-state index contributed by atoms with van der Waals surface area (Å²) in [5.41, 5.74) is 1.30. The van der Waals surface area contributed by atoms with Crippen molar-refractivity contribution < 1.29 is 4.79 Å². The Hall–Kier alpha value is -3.18. The van der Waals surface area contributed by atoms with Crippen molar-refractivity contribution in [3.05, 3.63) is 59.4 Å². The molecule has 0 radical (unpaired) electrons. The van der Waals surface area contributed by atoms with E-state index >= 15 is 0 Å². The molecule has 0 saturated carbocycles. The van der Waals surface area contributed by atoms with Crippen LogP contribution in [0.1, 0.15) is 21.6 Å². The molecule has 2 rings (SSSR count). The lowest BCUT2D eigenvalue weighted by molar-refractivity contribution is 0.102. The lowest BCUT2D eigenvalue weighted by atomic mass is 10.1. The van der Waals surface area contributed by atoms with Crippen molar-refractivity contribution in [2.75, 3.05) is 5.32 Å². The number of nitrogens with zero attached hydrogens (tertiary/aromatic N) is 3. The maximum Gasteiger partial charge on any atom is 0.255 e. The minimum Gasteiger partial charge on any atom is -0.321 e. The number of hydrogen-bond acceptors (Lipinski definition) is 4. The molecule has 0 spiro atoms. The molecule has 1 N–H and O–H groups in total. The number of amides is 1. The van der Waals surface area contributed by atoms with Crippen molar-refractivity contribution in [1.29, 1.82) is 10.5 Å². The number of anilines is 1. The Morgan fingerprint density at radius 3 is 2.68 bits per heavy atom. The van der Waals surface area contributed by atoms with E-state index in [1.807, 2.05) is 12.1 Å². The normalized spacial score (nSPS) is 9.16. The Kier molecular flexibility index (Phi) is 3.51. The van der Waals surface area contributed by atoms with Gasteiger partial charge in [0.1, 0.15) is 17.8 Å². The highest BCUT2D eigenvalue weighted by Gasteiger charge is 2.09. The molecule has 5 nitrogen and oxygen atoms in total. The first-order chi connectivity index (χ1) is 9.24. The molecule has 0 aliphatic heterocycles. The van der Waals surface area contributed by atoms with Gasteiger partial charge < -0.3 is 5.32 Å². The first-order valence-electron chi connectivity index (χ1n) is 5.41. The van der Waals surface area contributed by atoms with Crippen LogP contribution in [0.3, 0.4) is 0 Å². The van der Waals surface area contributed by atoms with Gasteiger partial charge in [0.2, 0.25) is 0 Å². The van der Waals surface area contributed by atoms with Gasteiger partial charge in [0, 0.05) is 11.8 Å². The van der Waals surface area contributed by atoms with Crippen LogP contribution < -0.4 is 5.32 Å². The molecule has 0 unspecified atom stereocenters. The van der Waals surface area contributed by atoms with E-state index < -0.39 is 0 Å². The van der Waals surface area contributed by atoms with Crippen LogP contribution in [-0.4, -0.2) is 10.9 Å². The number of carbonyl (C=O) groups is 1. The van der Waals surface area contributed by atoms with Crippen molar-refractivity contribution in [2.24, 2.45) is 0 Å². The van der Waals surface area contributed by atoms with Gasteiger partial charge in [-0.1, -0.05) is 12.1 Å². The van der Waals surface area contributed by atoms with Crippen LogP contribution in [0.15, 0.2) is 42.6 Å². The summed E-state index contributed by atoms with van der Waals surface area (Å²) < 4.78 is 0. The molecule has 1 heterocycles. The van der Waals surface area contributed by atoms with Crippen molar-refractivity contribution in [2.45, 2.75) is 0 Å². The zero-order valence-electron chi connectivity index (χ0n) is 9.79. The van der Waals surface area contributed by atoms with E-state index in [0.717, 1.165) is 0 Å². The first kappa shape index (κ1) is 12.3. The van der Waals surface area contributed by atoms with E-state index in [4.69, 9.17) is 10.5 Å². The van der Waals surface area contributed by atoms with Crippen molar-refractivity contribution in [3.8, 4) is 12.1 Å². The van der Waals surface area contributed by atoms with E-state index in [1.54, 1.807) is 24.3 Å². The van der Waals surface area contributed by atoms with Gasteiger partial charge in [-0.15, -0.1) is 0 Å². The number of para-hydroxylation sites is 1. The van der Waals surface area contributed by atoms with Gasteiger partial charge in [-0.05, 0) is 24.3 Å². The molecule has 0 bridgehead atoms. The van der Waals surface area contributed by atoms with E-state index in [2.05, 4.69) is 10.3 Å². The standard InChI is InChI=1S/C14H8N4O/c15-8-11-3-1-2-4-13(11)18-14(19)10-5-6-17-12(7-10)9-16/h1-7H,(H,18,19). The highest BCUT2D eigenvalue weighted by atomic mass is 16.1. The third-order valence-corrected chi connectivity index (χ3v) is 2.43. The van der Waals surface area contributed by atoms with Gasteiger partial charge in [0.05, 0.1) is 11.3 Å². The fraction of sp³-hybridized carbons (Fsp3) is 0. The second-order valence-electron chi connectivity index (χ2n) is 3.65. The maximum atomic E-state index is 12.0. The average Bonchev–Trinajstić information content (AvgIpc) is 2.47. The highest BCUT2D eigenvalue weighted by Crippen LogP contribution is 2.15. The molecule has 0 fully saturated rings. The Balaban J connectivity index is 2.27. The first-order valence-corrected chi connectivity index (χ1v) is 5.41. The monoisotopic (exact) mass is 248 g/mol. The minimum atomic E-state index is -0.387. The lowest BCUT2D eigenvalue weighted by Gasteiger charge is -2.06. The average molecular weight is 248 g/mol. The second-order valence-corrected chi connectivity index (χ2v) is 3.65. The zero-order chi connectivity index (χ0) is 13.7. The summed E-state index contributed by atoms with van der Waals surface area (Å²) in [4.78, 5) is 15.8. The van der Waals surface area contributed by atoms with Crippen molar-refractivity contribution in [1.82, 2.24) is 4.98 Å². The quantitative estimate of drug-likeness (QED) is 0.880. The number of nitrogens with one attached hydrogen (secondary N) is 1. The molecule has 0 saturated heterocycles. The SMILES string of the molecule is N#Cc1cc(C(=O)Nc2ccccc2C#N)ccn1. The molecule has 1 aromatic heterocycles. The summed E-state index contributed by atoms with van der Waals surface area (Å²) >= 11 is 0. The van der Waals surface area contributed by atoms with Gasteiger partial charge in [0.25, 0.3) is 5.91 Å². The van der Waals surface area contributed by atoms with Crippen molar-refractivity contribution >= 4 is 11.6 Å². The summed E-state index contributed by atoms with van der Waals surface area (Å²) in [6.45, 7) is 0. The third kappa shape index (κ3) is 2.74. The topological polar surface area (TPSA) is 89.6 Å². The number of carbonyl (C=O) groups excluding carboxylic acids is 1. The maximum absolute atomic E-state index is 12.0.